The fourth-order valence-electron chi connectivity index (χ4n) is 3.23. The van der Waals surface area contributed by atoms with Gasteiger partial charge in [-0.1, -0.05) is 41.9 Å². The number of benzene rings is 1. The Hall–Kier alpha value is -2.60. The molecule has 1 saturated heterocycles. The lowest BCUT2D eigenvalue weighted by Gasteiger charge is -2.19. The normalized spacial score (nSPS) is 15.2. The highest BCUT2D eigenvalue weighted by atomic mass is 35.5. The Labute approximate surface area is 169 Å². The summed E-state index contributed by atoms with van der Waals surface area (Å²) in [5.74, 6) is -0.726. The molecule has 1 aliphatic rings. The van der Waals surface area contributed by atoms with Gasteiger partial charge in [0, 0.05) is 24.7 Å². The van der Waals surface area contributed by atoms with Gasteiger partial charge in [-0.2, -0.15) is 5.10 Å². The Morgan fingerprint density at radius 3 is 2.61 bits per heavy atom. The van der Waals surface area contributed by atoms with E-state index in [9.17, 15) is 9.59 Å². The summed E-state index contributed by atoms with van der Waals surface area (Å²) in [5.41, 5.74) is 2.45. The summed E-state index contributed by atoms with van der Waals surface area (Å²) in [6.07, 6.45) is 4.07. The molecule has 0 radical (unpaired) electrons. The number of amides is 1. The Balaban J connectivity index is 1.63. The van der Waals surface area contributed by atoms with Crippen molar-refractivity contribution in [3.63, 3.8) is 0 Å². The van der Waals surface area contributed by atoms with E-state index in [1.165, 1.54) is 6.08 Å². The van der Waals surface area contributed by atoms with Gasteiger partial charge in [0.05, 0.1) is 12.2 Å². The van der Waals surface area contributed by atoms with Crippen LogP contribution in [0.1, 0.15) is 36.6 Å². The second kappa shape index (κ2) is 9.06. The lowest BCUT2D eigenvalue weighted by atomic mass is 10.2. The van der Waals surface area contributed by atoms with Crippen LogP contribution in [0.3, 0.4) is 0 Å². The van der Waals surface area contributed by atoms with Gasteiger partial charge in [0.1, 0.15) is 5.15 Å². The van der Waals surface area contributed by atoms with Crippen molar-refractivity contribution in [2.24, 2.45) is 0 Å². The van der Waals surface area contributed by atoms with Crippen molar-refractivity contribution in [3.05, 3.63) is 58.4 Å². The Kier molecular flexibility index (Phi) is 6.52. The fraction of sp³-hybridized carbons (Fsp3) is 0.381. The van der Waals surface area contributed by atoms with Crippen molar-refractivity contribution in [2.75, 3.05) is 13.1 Å². The van der Waals surface area contributed by atoms with E-state index in [0.29, 0.717) is 23.0 Å². The molecule has 1 aromatic carbocycles. The van der Waals surface area contributed by atoms with E-state index in [-0.39, 0.29) is 5.91 Å². The van der Waals surface area contributed by atoms with Crippen molar-refractivity contribution in [3.8, 4) is 0 Å². The summed E-state index contributed by atoms with van der Waals surface area (Å²) in [4.78, 5) is 26.1. The number of hydrogen-bond acceptors (Lipinski definition) is 4. The van der Waals surface area contributed by atoms with Crippen LogP contribution < -0.4 is 0 Å². The number of carbonyl (C=O) groups excluding carboxylic acids is 2. The molecule has 1 atom stereocenters. The quantitative estimate of drug-likeness (QED) is 0.549. The van der Waals surface area contributed by atoms with Crippen LogP contribution in [-0.2, 0) is 20.9 Å². The number of esters is 1. The zero-order valence-corrected chi connectivity index (χ0v) is 16.9. The first-order valence-electron chi connectivity index (χ1n) is 9.40. The molecule has 2 aromatic rings. The minimum Gasteiger partial charge on any atom is -0.449 e. The average Bonchev–Trinajstić information content (AvgIpc) is 3.30. The van der Waals surface area contributed by atoms with Gasteiger partial charge in [-0.05, 0) is 38.3 Å². The summed E-state index contributed by atoms with van der Waals surface area (Å²) in [6.45, 7) is 5.43. The largest absolute Gasteiger partial charge is 0.449 e. The average molecular weight is 402 g/mol. The summed E-state index contributed by atoms with van der Waals surface area (Å²) >= 11 is 6.44. The van der Waals surface area contributed by atoms with Crippen LogP contribution in [0.4, 0.5) is 0 Å². The van der Waals surface area contributed by atoms with Gasteiger partial charge in [0.25, 0.3) is 5.91 Å². The van der Waals surface area contributed by atoms with Gasteiger partial charge in [0.2, 0.25) is 0 Å². The maximum atomic E-state index is 12.2. The van der Waals surface area contributed by atoms with Gasteiger partial charge in [0.15, 0.2) is 6.10 Å². The molecule has 6 nitrogen and oxygen atoms in total. The van der Waals surface area contributed by atoms with Crippen molar-refractivity contribution >= 4 is 29.6 Å². The summed E-state index contributed by atoms with van der Waals surface area (Å²) < 4.78 is 6.93. The van der Waals surface area contributed by atoms with E-state index in [1.807, 2.05) is 37.3 Å². The van der Waals surface area contributed by atoms with Crippen LogP contribution in [0, 0.1) is 6.92 Å². The molecule has 148 valence electrons. The number of ether oxygens (including phenoxy) is 1. The van der Waals surface area contributed by atoms with E-state index in [1.54, 1.807) is 22.6 Å². The van der Waals surface area contributed by atoms with Crippen LogP contribution >= 0.6 is 11.6 Å². The molecule has 3 rings (SSSR count). The van der Waals surface area contributed by atoms with Gasteiger partial charge < -0.3 is 9.64 Å². The Bertz CT molecular complexity index is 871. The molecule has 1 aromatic heterocycles. The first kappa shape index (κ1) is 20.1. The number of hydrogen-bond donors (Lipinski definition) is 0. The molecular formula is C21H24ClN3O3. The Morgan fingerprint density at radius 1 is 1.25 bits per heavy atom. The molecule has 0 bridgehead atoms. The molecule has 0 N–H and O–H groups in total. The highest BCUT2D eigenvalue weighted by molar-refractivity contribution is 6.31. The summed E-state index contributed by atoms with van der Waals surface area (Å²) in [6, 6.07) is 9.87. The van der Waals surface area contributed by atoms with E-state index in [2.05, 4.69) is 5.10 Å². The van der Waals surface area contributed by atoms with E-state index >= 15 is 0 Å². The topological polar surface area (TPSA) is 64.4 Å². The number of aromatic nitrogens is 2. The van der Waals surface area contributed by atoms with Crippen LogP contribution in [0.5, 0.6) is 0 Å². The molecule has 1 unspecified atom stereocenters. The fourth-order valence-corrected chi connectivity index (χ4v) is 3.52. The lowest BCUT2D eigenvalue weighted by molar-refractivity contribution is -0.154. The standard InChI is InChI=1S/C21H24ClN3O3/c1-15-18(20(22)25(23-15)14-17-8-4-3-5-9-17)10-11-19(26)28-16(2)21(27)24-12-6-7-13-24/h3-5,8-11,16H,6-7,12-14H2,1-2H3/b11-10+. The second-order valence-corrected chi connectivity index (χ2v) is 7.24. The van der Waals surface area contributed by atoms with Gasteiger partial charge in [-0.3, -0.25) is 4.79 Å². The molecule has 0 aliphatic carbocycles. The number of carbonyl (C=O) groups is 2. The summed E-state index contributed by atoms with van der Waals surface area (Å²) in [7, 11) is 0. The maximum Gasteiger partial charge on any atom is 0.331 e. The van der Waals surface area contributed by atoms with Crippen molar-refractivity contribution in [1.29, 1.82) is 0 Å². The highest BCUT2D eigenvalue weighted by Crippen LogP contribution is 2.22. The predicted molar refractivity (Wildman–Crippen MR) is 108 cm³/mol. The molecule has 1 aliphatic heterocycles. The van der Waals surface area contributed by atoms with Crippen LogP contribution in [0.25, 0.3) is 6.08 Å². The van der Waals surface area contributed by atoms with Crippen molar-refractivity contribution < 1.29 is 14.3 Å². The molecule has 1 fully saturated rings. The monoisotopic (exact) mass is 401 g/mol. The van der Waals surface area contributed by atoms with Crippen molar-refractivity contribution in [1.82, 2.24) is 14.7 Å². The van der Waals surface area contributed by atoms with Crippen LogP contribution in [-0.4, -0.2) is 45.8 Å². The smallest absolute Gasteiger partial charge is 0.331 e. The molecule has 28 heavy (non-hydrogen) atoms. The molecule has 0 spiro atoms. The number of halogens is 1. The SMILES string of the molecule is Cc1nn(Cc2ccccc2)c(Cl)c1/C=C/C(=O)OC(C)C(=O)N1CCCC1. The zero-order valence-electron chi connectivity index (χ0n) is 16.1. The van der Waals surface area contributed by atoms with E-state index < -0.39 is 12.1 Å². The number of aryl methyl sites for hydroxylation is 1. The molecule has 7 heteroatoms. The third-order valence-electron chi connectivity index (χ3n) is 4.73. The predicted octanol–water partition coefficient (Wildman–Crippen LogP) is 3.46. The minimum atomic E-state index is -0.798. The minimum absolute atomic E-state index is 0.149. The third-order valence-corrected chi connectivity index (χ3v) is 5.13. The number of nitrogens with zero attached hydrogens (tertiary/aromatic N) is 3. The number of rotatable bonds is 6. The lowest BCUT2D eigenvalue weighted by Crippen LogP contribution is -2.37. The van der Waals surface area contributed by atoms with Gasteiger partial charge in [-0.25, -0.2) is 9.48 Å². The molecule has 1 amide bonds. The first-order chi connectivity index (χ1) is 13.5. The summed E-state index contributed by atoms with van der Waals surface area (Å²) in [5, 5.41) is 4.90. The molecule has 0 saturated carbocycles. The van der Waals surface area contributed by atoms with Gasteiger partial charge >= 0.3 is 5.97 Å². The maximum absolute atomic E-state index is 12.2. The van der Waals surface area contributed by atoms with Crippen LogP contribution in [0.2, 0.25) is 5.15 Å². The zero-order chi connectivity index (χ0) is 20.1. The second-order valence-electron chi connectivity index (χ2n) is 6.88. The van der Waals surface area contributed by atoms with Crippen molar-refractivity contribution in [2.45, 2.75) is 39.3 Å². The van der Waals surface area contributed by atoms with Gasteiger partial charge in [-0.15, -0.1) is 0 Å². The first-order valence-corrected chi connectivity index (χ1v) is 9.78. The third kappa shape index (κ3) is 4.81. The van der Waals surface area contributed by atoms with Crippen LogP contribution in [0.15, 0.2) is 36.4 Å². The van der Waals surface area contributed by atoms with E-state index in [0.717, 1.165) is 31.5 Å². The molecular weight excluding hydrogens is 378 g/mol. The number of likely N-dealkylation sites (tertiary alicyclic amines) is 1. The van der Waals surface area contributed by atoms with E-state index in [4.69, 9.17) is 16.3 Å². The Morgan fingerprint density at radius 2 is 1.93 bits per heavy atom. The molecule has 2 heterocycles. The highest BCUT2D eigenvalue weighted by Gasteiger charge is 2.25.